The molecule has 0 heterocycles. The van der Waals surface area contributed by atoms with E-state index in [4.69, 9.17) is 0 Å². The lowest BCUT2D eigenvalue weighted by Crippen LogP contribution is -2.54. The SMILES string of the molecule is CC1(C)C(=O)CCC2(C)C3=CCCC[C@@]3(C)CC[C@H]12. The van der Waals surface area contributed by atoms with Gasteiger partial charge in [0.2, 0.25) is 0 Å². The van der Waals surface area contributed by atoms with Crippen molar-refractivity contribution in [2.75, 3.05) is 0 Å². The number of ketones is 1. The van der Waals surface area contributed by atoms with Crippen molar-refractivity contribution >= 4 is 5.78 Å². The van der Waals surface area contributed by atoms with E-state index in [1.54, 1.807) is 5.57 Å². The zero-order chi connectivity index (χ0) is 13.9. The number of fused-ring (bicyclic) bond motifs is 3. The number of rotatable bonds is 0. The van der Waals surface area contributed by atoms with Crippen LogP contribution in [0, 0.1) is 22.2 Å². The highest BCUT2D eigenvalue weighted by atomic mass is 16.1. The largest absolute Gasteiger partial charge is 0.299 e. The fourth-order valence-electron chi connectivity index (χ4n) is 5.63. The molecule has 0 saturated heterocycles. The van der Waals surface area contributed by atoms with Gasteiger partial charge in [-0.1, -0.05) is 39.3 Å². The molecule has 3 aliphatic rings. The maximum atomic E-state index is 12.3. The summed E-state index contributed by atoms with van der Waals surface area (Å²) in [6.45, 7) is 9.33. The van der Waals surface area contributed by atoms with Crippen LogP contribution >= 0.6 is 0 Å². The second kappa shape index (κ2) is 3.96. The maximum absolute atomic E-state index is 12.3. The van der Waals surface area contributed by atoms with E-state index in [0.717, 1.165) is 12.8 Å². The molecule has 19 heavy (non-hydrogen) atoms. The molecule has 0 spiro atoms. The van der Waals surface area contributed by atoms with Gasteiger partial charge in [0, 0.05) is 11.8 Å². The number of hydrogen-bond acceptors (Lipinski definition) is 1. The smallest absolute Gasteiger partial charge is 0.138 e. The van der Waals surface area contributed by atoms with Crippen molar-refractivity contribution in [3.63, 3.8) is 0 Å². The Balaban J connectivity index is 2.07. The molecule has 0 aromatic rings. The number of hydrogen-bond donors (Lipinski definition) is 0. The summed E-state index contributed by atoms with van der Waals surface area (Å²) in [5.41, 5.74) is 2.31. The molecule has 3 rings (SSSR count). The van der Waals surface area contributed by atoms with E-state index in [1.807, 2.05) is 0 Å². The van der Waals surface area contributed by atoms with Crippen molar-refractivity contribution in [1.29, 1.82) is 0 Å². The molecule has 0 radical (unpaired) electrons. The summed E-state index contributed by atoms with van der Waals surface area (Å²) in [6, 6.07) is 0. The van der Waals surface area contributed by atoms with Crippen LogP contribution in [0.3, 0.4) is 0 Å². The number of allylic oxidation sites excluding steroid dienone is 2. The Labute approximate surface area is 117 Å². The molecule has 1 nitrogen and oxygen atoms in total. The molecule has 0 aromatic carbocycles. The van der Waals surface area contributed by atoms with Gasteiger partial charge in [0.05, 0.1) is 0 Å². The Morgan fingerprint density at radius 3 is 2.58 bits per heavy atom. The van der Waals surface area contributed by atoms with Gasteiger partial charge in [0.15, 0.2) is 0 Å². The topological polar surface area (TPSA) is 17.1 Å². The summed E-state index contributed by atoms with van der Waals surface area (Å²) in [5.74, 6) is 1.05. The lowest BCUT2D eigenvalue weighted by atomic mass is 9.44. The van der Waals surface area contributed by atoms with Crippen molar-refractivity contribution in [2.45, 2.75) is 72.6 Å². The molecule has 106 valence electrons. The molecule has 3 aliphatic carbocycles. The van der Waals surface area contributed by atoms with E-state index in [0.29, 0.717) is 17.1 Å². The average Bonchev–Trinajstić information content (AvgIpc) is 2.34. The molecule has 0 aromatic heterocycles. The quantitative estimate of drug-likeness (QED) is 0.566. The maximum Gasteiger partial charge on any atom is 0.138 e. The van der Waals surface area contributed by atoms with Crippen molar-refractivity contribution in [3.8, 4) is 0 Å². The van der Waals surface area contributed by atoms with Gasteiger partial charge in [-0.15, -0.1) is 0 Å². The third kappa shape index (κ3) is 1.69. The van der Waals surface area contributed by atoms with Gasteiger partial charge in [0.1, 0.15) is 5.78 Å². The molecule has 0 aliphatic heterocycles. The first-order valence-electron chi connectivity index (χ1n) is 8.05. The first-order chi connectivity index (χ1) is 8.81. The highest BCUT2D eigenvalue weighted by molar-refractivity contribution is 5.85. The van der Waals surface area contributed by atoms with Crippen LogP contribution in [0.25, 0.3) is 0 Å². The number of carbonyl (C=O) groups excluding carboxylic acids is 1. The molecular formula is C18H28O. The minimum absolute atomic E-state index is 0.118. The van der Waals surface area contributed by atoms with Gasteiger partial charge in [0.25, 0.3) is 0 Å². The zero-order valence-corrected chi connectivity index (χ0v) is 13.0. The van der Waals surface area contributed by atoms with Crippen LogP contribution in [0.1, 0.15) is 72.6 Å². The van der Waals surface area contributed by atoms with Crippen LogP contribution in [0.5, 0.6) is 0 Å². The summed E-state index contributed by atoms with van der Waals surface area (Å²) in [7, 11) is 0. The molecule has 0 bridgehead atoms. The Bertz CT molecular complexity index is 445. The molecule has 0 N–H and O–H groups in total. The average molecular weight is 260 g/mol. The fraction of sp³-hybridized carbons (Fsp3) is 0.833. The molecule has 3 atom stereocenters. The van der Waals surface area contributed by atoms with Crippen molar-refractivity contribution in [1.82, 2.24) is 0 Å². The first-order valence-corrected chi connectivity index (χ1v) is 8.05. The predicted molar refractivity (Wildman–Crippen MR) is 78.9 cm³/mol. The predicted octanol–water partition coefficient (Wildman–Crippen LogP) is 4.91. The minimum Gasteiger partial charge on any atom is -0.299 e. The molecule has 1 heteroatoms. The van der Waals surface area contributed by atoms with Crippen LogP contribution in [-0.4, -0.2) is 5.78 Å². The first kappa shape index (κ1) is 13.4. The van der Waals surface area contributed by atoms with Gasteiger partial charge in [-0.25, -0.2) is 0 Å². The Kier molecular flexibility index (Phi) is 2.79. The second-order valence-corrected chi connectivity index (χ2v) is 8.22. The van der Waals surface area contributed by atoms with Crippen LogP contribution < -0.4 is 0 Å². The summed E-state index contributed by atoms with van der Waals surface area (Å²) < 4.78 is 0. The van der Waals surface area contributed by atoms with Crippen LogP contribution in [0.2, 0.25) is 0 Å². The Morgan fingerprint density at radius 1 is 1.11 bits per heavy atom. The van der Waals surface area contributed by atoms with Crippen LogP contribution in [-0.2, 0) is 4.79 Å². The highest BCUT2D eigenvalue weighted by Crippen LogP contribution is 2.65. The molecule has 2 fully saturated rings. The summed E-state index contributed by atoms with van der Waals surface area (Å²) >= 11 is 0. The fourth-order valence-corrected chi connectivity index (χ4v) is 5.63. The van der Waals surface area contributed by atoms with E-state index >= 15 is 0 Å². The molecule has 0 amide bonds. The monoisotopic (exact) mass is 260 g/mol. The molecule has 2 saturated carbocycles. The van der Waals surface area contributed by atoms with E-state index in [9.17, 15) is 4.79 Å². The van der Waals surface area contributed by atoms with Crippen molar-refractivity contribution < 1.29 is 4.79 Å². The van der Waals surface area contributed by atoms with Crippen molar-refractivity contribution in [2.24, 2.45) is 22.2 Å². The Morgan fingerprint density at radius 2 is 1.84 bits per heavy atom. The number of Topliss-reactive ketones (excluding diaryl/α,β-unsaturated/α-hetero) is 1. The van der Waals surface area contributed by atoms with Gasteiger partial charge in [-0.2, -0.15) is 0 Å². The van der Waals surface area contributed by atoms with Gasteiger partial charge >= 0.3 is 0 Å². The van der Waals surface area contributed by atoms with Gasteiger partial charge < -0.3 is 0 Å². The second-order valence-electron chi connectivity index (χ2n) is 8.22. The zero-order valence-electron chi connectivity index (χ0n) is 13.0. The minimum atomic E-state index is -0.118. The van der Waals surface area contributed by atoms with Crippen LogP contribution in [0.4, 0.5) is 0 Å². The molecular weight excluding hydrogens is 232 g/mol. The summed E-state index contributed by atoms with van der Waals surface area (Å²) in [5, 5.41) is 0. The summed E-state index contributed by atoms with van der Waals surface area (Å²) in [4.78, 5) is 12.3. The highest BCUT2D eigenvalue weighted by Gasteiger charge is 2.57. The van der Waals surface area contributed by atoms with E-state index in [2.05, 4.69) is 33.8 Å². The number of carbonyl (C=O) groups is 1. The lowest BCUT2D eigenvalue weighted by molar-refractivity contribution is -0.141. The van der Waals surface area contributed by atoms with Gasteiger partial charge in [-0.05, 0) is 55.3 Å². The third-order valence-electron chi connectivity index (χ3n) is 6.76. The normalized spacial score (nSPS) is 45.2. The van der Waals surface area contributed by atoms with Crippen molar-refractivity contribution in [3.05, 3.63) is 11.6 Å². The molecule has 1 unspecified atom stereocenters. The third-order valence-corrected chi connectivity index (χ3v) is 6.76. The standard InChI is InChI=1S/C18H28O/c1-16(2)13-8-11-17(3)10-6-5-7-14(17)18(13,4)12-9-15(16)19/h7,13H,5-6,8-12H2,1-4H3/t13-,17+,18?/m1/s1. The van der Waals surface area contributed by atoms with Crippen LogP contribution in [0.15, 0.2) is 11.6 Å². The van der Waals surface area contributed by atoms with E-state index in [1.165, 1.54) is 32.1 Å². The van der Waals surface area contributed by atoms with Gasteiger partial charge in [-0.3, -0.25) is 4.79 Å². The van der Waals surface area contributed by atoms with E-state index < -0.39 is 0 Å². The van der Waals surface area contributed by atoms with E-state index in [-0.39, 0.29) is 10.8 Å². The summed E-state index contributed by atoms with van der Waals surface area (Å²) in [6.07, 6.45) is 10.9. The lowest BCUT2D eigenvalue weighted by Gasteiger charge is -2.60. The Hall–Kier alpha value is -0.590.